The van der Waals surface area contributed by atoms with Gasteiger partial charge in [0, 0.05) is 12.6 Å². The van der Waals surface area contributed by atoms with Crippen LogP contribution in [0.25, 0.3) is 0 Å². The molecule has 1 nitrogen and oxygen atoms in total. The van der Waals surface area contributed by atoms with Crippen LogP contribution in [0.15, 0.2) is 0 Å². The minimum absolute atomic E-state index is 0.759. The lowest BCUT2D eigenvalue weighted by Crippen LogP contribution is -2.25. The van der Waals surface area contributed by atoms with Crippen LogP contribution in [0, 0.1) is 5.41 Å². The van der Waals surface area contributed by atoms with Gasteiger partial charge >= 0.3 is 0 Å². The van der Waals surface area contributed by atoms with E-state index in [1.165, 1.54) is 45.1 Å². The van der Waals surface area contributed by atoms with Crippen LogP contribution in [0.4, 0.5) is 0 Å². The normalized spacial score (nSPS) is 35.0. The van der Waals surface area contributed by atoms with Gasteiger partial charge in [-0.25, -0.2) is 0 Å². The van der Waals surface area contributed by atoms with Crippen LogP contribution >= 0.6 is 0 Å². The van der Waals surface area contributed by atoms with Crippen LogP contribution in [0.1, 0.15) is 45.4 Å². The number of likely N-dealkylation sites (tertiary alicyclic amines) is 1. The quantitative estimate of drug-likeness (QED) is 0.580. The molecule has 0 radical (unpaired) electrons. The fraction of sp³-hybridized carbons (Fsp3) is 1.00. The molecule has 1 spiro atoms. The molecule has 0 N–H and O–H groups in total. The summed E-state index contributed by atoms with van der Waals surface area (Å²) in [4.78, 5) is 2.59. The minimum atomic E-state index is 0.759. The molecule has 1 atom stereocenters. The third kappa shape index (κ3) is 1.28. The molecule has 12 heavy (non-hydrogen) atoms. The van der Waals surface area contributed by atoms with Gasteiger partial charge in [-0.2, -0.15) is 0 Å². The maximum absolute atomic E-state index is 2.59. The Morgan fingerprint density at radius 3 is 2.50 bits per heavy atom. The number of rotatable bonds is 1. The Bertz CT molecular complexity index is 158. The molecule has 1 saturated heterocycles. The van der Waals surface area contributed by atoms with Crippen molar-refractivity contribution >= 4 is 0 Å². The van der Waals surface area contributed by atoms with Crippen LogP contribution in [0.3, 0.4) is 0 Å². The highest BCUT2D eigenvalue weighted by atomic mass is 15.2. The summed E-state index contributed by atoms with van der Waals surface area (Å²) in [5.74, 6) is 0. The van der Waals surface area contributed by atoms with Crippen LogP contribution in [0.5, 0.6) is 0 Å². The van der Waals surface area contributed by atoms with Gasteiger partial charge < -0.3 is 4.90 Å². The molecule has 0 aromatic carbocycles. The Morgan fingerprint density at radius 1 is 1.33 bits per heavy atom. The lowest BCUT2D eigenvalue weighted by molar-refractivity contribution is 0.274. The SMILES string of the molecule is CCC1CC2(CCCC2)CN1C. The summed E-state index contributed by atoms with van der Waals surface area (Å²) in [6, 6.07) is 0.892. The highest BCUT2D eigenvalue weighted by Crippen LogP contribution is 2.47. The van der Waals surface area contributed by atoms with E-state index in [0.29, 0.717) is 0 Å². The Balaban J connectivity index is 2.03. The highest BCUT2D eigenvalue weighted by molar-refractivity contribution is 4.96. The van der Waals surface area contributed by atoms with Gasteiger partial charge in [-0.15, -0.1) is 0 Å². The smallest absolute Gasteiger partial charge is 0.00955 e. The molecule has 1 saturated carbocycles. The van der Waals surface area contributed by atoms with Crippen molar-refractivity contribution in [1.82, 2.24) is 4.90 Å². The lowest BCUT2D eigenvalue weighted by atomic mass is 9.83. The first-order valence-electron chi connectivity index (χ1n) is 5.46. The van der Waals surface area contributed by atoms with Gasteiger partial charge in [-0.05, 0) is 38.1 Å². The van der Waals surface area contributed by atoms with Gasteiger partial charge in [0.25, 0.3) is 0 Å². The van der Waals surface area contributed by atoms with Crippen LogP contribution in [-0.4, -0.2) is 24.5 Å². The van der Waals surface area contributed by atoms with Gasteiger partial charge in [0.05, 0.1) is 0 Å². The molecule has 1 heteroatoms. The van der Waals surface area contributed by atoms with E-state index in [2.05, 4.69) is 18.9 Å². The Morgan fingerprint density at radius 2 is 2.00 bits per heavy atom. The zero-order valence-electron chi connectivity index (χ0n) is 8.47. The van der Waals surface area contributed by atoms with E-state index in [4.69, 9.17) is 0 Å². The molecular formula is C11H21N. The molecule has 0 amide bonds. The fourth-order valence-corrected chi connectivity index (χ4v) is 3.32. The van der Waals surface area contributed by atoms with Gasteiger partial charge in [-0.3, -0.25) is 0 Å². The number of hydrogen-bond acceptors (Lipinski definition) is 1. The van der Waals surface area contributed by atoms with Crippen molar-refractivity contribution in [2.45, 2.75) is 51.5 Å². The van der Waals surface area contributed by atoms with Gasteiger partial charge in [0.15, 0.2) is 0 Å². The van der Waals surface area contributed by atoms with E-state index in [0.717, 1.165) is 11.5 Å². The van der Waals surface area contributed by atoms with Crippen molar-refractivity contribution in [2.24, 2.45) is 5.41 Å². The second kappa shape index (κ2) is 3.02. The summed E-state index contributed by atoms with van der Waals surface area (Å²) in [6.07, 6.45) is 8.83. The molecule has 1 aliphatic carbocycles. The largest absolute Gasteiger partial charge is 0.303 e. The summed E-state index contributed by atoms with van der Waals surface area (Å²) >= 11 is 0. The molecule has 2 fully saturated rings. The molecule has 70 valence electrons. The summed E-state index contributed by atoms with van der Waals surface area (Å²) in [5.41, 5.74) is 0.759. The van der Waals surface area contributed by atoms with E-state index in [-0.39, 0.29) is 0 Å². The molecule has 1 unspecified atom stereocenters. The molecule has 0 aromatic rings. The molecule has 0 aromatic heterocycles. The highest BCUT2D eigenvalue weighted by Gasteiger charge is 2.42. The molecular weight excluding hydrogens is 146 g/mol. The maximum atomic E-state index is 2.59. The molecule has 2 rings (SSSR count). The molecule has 1 heterocycles. The minimum Gasteiger partial charge on any atom is -0.303 e. The third-order valence-corrected chi connectivity index (χ3v) is 4.01. The first-order chi connectivity index (χ1) is 5.76. The van der Waals surface area contributed by atoms with E-state index in [1.54, 1.807) is 0 Å². The van der Waals surface area contributed by atoms with E-state index < -0.39 is 0 Å². The summed E-state index contributed by atoms with van der Waals surface area (Å²) in [7, 11) is 2.31. The fourth-order valence-electron chi connectivity index (χ4n) is 3.32. The molecule has 1 aliphatic heterocycles. The lowest BCUT2D eigenvalue weighted by Gasteiger charge is -2.21. The van der Waals surface area contributed by atoms with Crippen LogP contribution in [-0.2, 0) is 0 Å². The van der Waals surface area contributed by atoms with Gasteiger partial charge in [-0.1, -0.05) is 19.8 Å². The predicted molar refractivity (Wildman–Crippen MR) is 52.2 cm³/mol. The summed E-state index contributed by atoms with van der Waals surface area (Å²) < 4.78 is 0. The van der Waals surface area contributed by atoms with Crippen LogP contribution < -0.4 is 0 Å². The third-order valence-electron chi connectivity index (χ3n) is 4.01. The average Bonchev–Trinajstić information content (AvgIpc) is 2.60. The van der Waals surface area contributed by atoms with Crippen molar-refractivity contribution in [3.8, 4) is 0 Å². The second-order valence-electron chi connectivity index (χ2n) is 4.89. The predicted octanol–water partition coefficient (Wildman–Crippen LogP) is 2.66. The van der Waals surface area contributed by atoms with Gasteiger partial charge in [0.2, 0.25) is 0 Å². The topological polar surface area (TPSA) is 3.24 Å². The Kier molecular flexibility index (Phi) is 2.16. The van der Waals surface area contributed by atoms with Crippen molar-refractivity contribution in [3.05, 3.63) is 0 Å². The molecule has 2 aliphatic rings. The second-order valence-corrected chi connectivity index (χ2v) is 4.89. The first kappa shape index (κ1) is 8.55. The number of nitrogens with zero attached hydrogens (tertiary/aromatic N) is 1. The zero-order valence-corrected chi connectivity index (χ0v) is 8.47. The van der Waals surface area contributed by atoms with Crippen molar-refractivity contribution < 1.29 is 0 Å². The van der Waals surface area contributed by atoms with Crippen LogP contribution in [0.2, 0.25) is 0 Å². The monoisotopic (exact) mass is 167 g/mol. The summed E-state index contributed by atoms with van der Waals surface area (Å²) in [6.45, 7) is 3.71. The van der Waals surface area contributed by atoms with Crippen molar-refractivity contribution in [1.29, 1.82) is 0 Å². The number of hydrogen-bond donors (Lipinski definition) is 0. The average molecular weight is 167 g/mol. The van der Waals surface area contributed by atoms with E-state index >= 15 is 0 Å². The van der Waals surface area contributed by atoms with E-state index in [1.807, 2.05) is 0 Å². The molecule has 0 bridgehead atoms. The van der Waals surface area contributed by atoms with E-state index in [9.17, 15) is 0 Å². The zero-order chi connectivity index (χ0) is 8.60. The van der Waals surface area contributed by atoms with Gasteiger partial charge in [0.1, 0.15) is 0 Å². The first-order valence-corrected chi connectivity index (χ1v) is 5.46. The summed E-state index contributed by atoms with van der Waals surface area (Å²) in [5, 5.41) is 0. The Hall–Kier alpha value is -0.0400. The Labute approximate surface area is 76.1 Å². The van der Waals surface area contributed by atoms with Crippen molar-refractivity contribution in [2.75, 3.05) is 13.6 Å². The standard InChI is InChI=1S/C11H21N/c1-3-10-8-11(9-12(10)2)6-4-5-7-11/h10H,3-9H2,1-2H3. The maximum Gasteiger partial charge on any atom is 0.00955 e. The van der Waals surface area contributed by atoms with Crippen molar-refractivity contribution in [3.63, 3.8) is 0 Å².